The average molecular weight is 335 g/mol. The predicted octanol–water partition coefficient (Wildman–Crippen LogP) is 5.36. The number of hydrogen-bond acceptors (Lipinski definition) is 2. The van der Waals surface area contributed by atoms with E-state index in [0.29, 0.717) is 5.02 Å². The summed E-state index contributed by atoms with van der Waals surface area (Å²) in [6, 6.07) is 21.0. The maximum atomic E-state index is 9.73. The van der Waals surface area contributed by atoms with Gasteiger partial charge in [-0.25, -0.2) is 4.98 Å². The molecular formula is C20H15ClN2O. The molecule has 0 atom stereocenters. The van der Waals surface area contributed by atoms with Crippen LogP contribution in [0.2, 0.25) is 5.02 Å². The minimum absolute atomic E-state index is 0.250. The van der Waals surface area contributed by atoms with Crippen LogP contribution in [0.5, 0.6) is 5.75 Å². The van der Waals surface area contributed by atoms with Crippen LogP contribution in [0.4, 0.5) is 0 Å². The number of halogens is 1. The van der Waals surface area contributed by atoms with Gasteiger partial charge < -0.3 is 5.11 Å². The molecule has 0 amide bonds. The summed E-state index contributed by atoms with van der Waals surface area (Å²) in [5.41, 5.74) is 4.71. The molecule has 0 spiro atoms. The number of aromatic nitrogens is 2. The second kappa shape index (κ2) is 5.69. The lowest BCUT2D eigenvalue weighted by Gasteiger charge is -2.13. The molecule has 0 unspecified atom stereocenters. The average Bonchev–Trinajstić information content (AvgIpc) is 2.94. The maximum absolute atomic E-state index is 9.73. The fourth-order valence-electron chi connectivity index (χ4n) is 2.98. The zero-order valence-corrected chi connectivity index (χ0v) is 13.8. The first-order valence-electron chi connectivity index (χ1n) is 7.67. The minimum atomic E-state index is 0.250. The van der Waals surface area contributed by atoms with Crippen LogP contribution in [0.3, 0.4) is 0 Å². The van der Waals surface area contributed by atoms with Crippen LogP contribution < -0.4 is 0 Å². The van der Waals surface area contributed by atoms with Gasteiger partial charge in [0.1, 0.15) is 11.6 Å². The molecule has 3 nitrogen and oxygen atoms in total. The maximum Gasteiger partial charge on any atom is 0.147 e. The van der Waals surface area contributed by atoms with Crippen molar-refractivity contribution in [2.45, 2.75) is 6.92 Å². The Labute approximate surface area is 144 Å². The van der Waals surface area contributed by atoms with Crippen LogP contribution in [0, 0.1) is 6.92 Å². The van der Waals surface area contributed by atoms with Gasteiger partial charge in [0.2, 0.25) is 0 Å². The smallest absolute Gasteiger partial charge is 0.147 e. The van der Waals surface area contributed by atoms with Gasteiger partial charge in [-0.05, 0) is 55.0 Å². The molecule has 0 aliphatic carbocycles. The Morgan fingerprint density at radius 2 is 1.71 bits per heavy atom. The fraction of sp³-hybridized carbons (Fsp3) is 0.0500. The number of aryl methyl sites for hydroxylation is 1. The van der Waals surface area contributed by atoms with Gasteiger partial charge in [-0.3, -0.25) is 4.57 Å². The van der Waals surface area contributed by atoms with Crippen molar-refractivity contribution in [1.82, 2.24) is 9.55 Å². The first kappa shape index (κ1) is 14.8. The molecule has 4 rings (SSSR count). The van der Waals surface area contributed by atoms with E-state index in [1.807, 2.05) is 61.5 Å². The topological polar surface area (TPSA) is 38.0 Å². The number of fused-ring (bicyclic) bond motifs is 1. The first-order chi connectivity index (χ1) is 11.6. The van der Waals surface area contributed by atoms with Crippen LogP contribution >= 0.6 is 11.6 Å². The van der Waals surface area contributed by atoms with Gasteiger partial charge in [0.15, 0.2) is 0 Å². The molecular weight excluding hydrogens is 320 g/mol. The fourth-order valence-corrected chi connectivity index (χ4v) is 3.20. The van der Waals surface area contributed by atoms with E-state index < -0.39 is 0 Å². The normalized spacial score (nSPS) is 11.1. The van der Waals surface area contributed by atoms with Crippen molar-refractivity contribution < 1.29 is 5.11 Å². The number of rotatable bonds is 2. The highest BCUT2D eigenvalue weighted by atomic mass is 35.5. The van der Waals surface area contributed by atoms with Crippen molar-refractivity contribution >= 4 is 22.6 Å². The Morgan fingerprint density at radius 3 is 2.50 bits per heavy atom. The highest BCUT2D eigenvalue weighted by molar-refractivity contribution is 6.33. The Balaban J connectivity index is 2.10. The highest BCUT2D eigenvalue weighted by Crippen LogP contribution is 2.34. The second-order valence-corrected chi connectivity index (χ2v) is 6.12. The molecule has 1 N–H and O–H groups in total. The Bertz CT molecular complexity index is 1050. The van der Waals surface area contributed by atoms with Crippen molar-refractivity contribution in [3.63, 3.8) is 0 Å². The van der Waals surface area contributed by atoms with E-state index in [1.165, 1.54) is 0 Å². The molecule has 1 heterocycles. The standard InChI is InChI=1S/C20H15ClN2O/c1-13-12-14(24)10-11-18(13)23-19-9-5-4-8-17(19)22-20(23)15-6-2-3-7-16(15)21/h2-12,24H,1H3. The van der Waals surface area contributed by atoms with Gasteiger partial charge in [-0.2, -0.15) is 0 Å². The lowest BCUT2D eigenvalue weighted by atomic mass is 10.1. The van der Waals surface area contributed by atoms with Gasteiger partial charge >= 0.3 is 0 Å². The molecule has 1 aromatic heterocycles. The summed E-state index contributed by atoms with van der Waals surface area (Å²) in [5.74, 6) is 1.04. The lowest BCUT2D eigenvalue weighted by molar-refractivity contribution is 0.475. The Kier molecular flexibility index (Phi) is 3.51. The van der Waals surface area contributed by atoms with Crippen LogP contribution in [0.15, 0.2) is 66.7 Å². The molecule has 0 bridgehead atoms. The monoisotopic (exact) mass is 334 g/mol. The summed E-state index contributed by atoms with van der Waals surface area (Å²) in [6.07, 6.45) is 0. The minimum Gasteiger partial charge on any atom is -0.508 e. The summed E-state index contributed by atoms with van der Waals surface area (Å²) in [4.78, 5) is 4.80. The molecule has 4 heteroatoms. The van der Waals surface area contributed by atoms with Gasteiger partial charge in [-0.15, -0.1) is 0 Å². The molecule has 0 aliphatic heterocycles. The number of hydrogen-bond donors (Lipinski definition) is 1. The lowest BCUT2D eigenvalue weighted by Crippen LogP contribution is -2.00. The van der Waals surface area contributed by atoms with E-state index in [0.717, 1.165) is 33.7 Å². The van der Waals surface area contributed by atoms with E-state index in [1.54, 1.807) is 12.1 Å². The molecule has 24 heavy (non-hydrogen) atoms. The van der Waals surface area contributed by atoms with Crippen LogP contribution in [0.1, 0.15) is 5.56 Å². The Hall–Kier alpha value is -2.78. The van der Waals surface area contributed by atoms with Gasteiger partial charge in [0.05, 0.1) is 21.7 Å². The molecule has 4 aromatic rings. The molecule has 0 saturated carbocycles. The third-order valence-corrected chi connectivity index (χ3v) is 4.43. The van der Waals surface area contributed by atoms with E-state index in [9.17, 15) is 5.11 Å². The van der Waals surface area contributed by atoms with Gasteiger partial charge in [0, 0.05) is 5.56 Å². The number of imidazole rings is 1. The largest absolute Gasteiger partial charge is 0.508 e. The number of aromatic hydroxyl groups is 1. The molecule has 118 valence electrons. The van der Waals surface area contributed by atoms with Crippen molar-refractivity contribution in [3.8, 4) is 22.8 Å². The van der Waals surface area contributed by atoms with Gasteiger partial charge in [-0.1, -0.05) is 35.9 Å². The third kappa shape index (κ3) is 2.34. The van der Waals surface area contributed by atoms with Crippen LogP contribution in [0.25, 0.3) is 28.1 Å². The summed E-state index contributed by atoms with van der Waals surface area (Å²) in [7, 11) is 0. The zero-order chi connectivity index (χ0) is 16.7. The molecule has 0 saturated heterocycles. The summed E-state index contributed by atoms with van der Waals surface area (Å²) < 4.78 is 2.09. The highest BCUT2D eigenvalue weighted by Gasteiger charge is 2.17. The quantitative estimate of drug-likeness (QED) is 0.536. The second-order valence-electron chi connectivity index (χ2n) is 5.71. The van der Waals surface area contributed by atoms with Crippen molar-refractivity contribution in [2.75, 3.05) is 0 Å². The summed E-state index contributed by atoms with van der Waals surface area (Å²) >= 11 is 6.42. The van der Waals surface area contributed by atoms with Crippen molar-refractivity contribution in [3.05, 3.63) is 77.3 Å². The number of nitrogens with zero attached hydrogens (tertiary/aromatic N) is 2. The van der Waals surface area contributed by atoms with Crippen LogP contribution in [-0.2, 0) is 0 Å². The third-order valence-electron chi connectivity index (χ3n) is 4.10. The van der Waals surface area contributed by atoms with E-state index in [2.05, 4.69) is 4.57 Å². The van der Waals surface area contributed by atoms with E-state index >= 15 is 0 Å². The SMILES string of the molecule is Cc1cc(O)ccc1-n1c(-c2ccccc2Cl)nc2ccccc21. The van der Waals surface area contributed by atoms with E-state index in [-0.39, 0.29) is 5.75 Å². The number of benzene rings is 3. The number of para-hydroxylation sites is 2. The summed E-state index contributed by atoms with van der Waals surface area (Å²) in [5, 5.41) is 10.4. The molecule has 3 aromatic carbocycles. The van der Waals surface area contributed by atoms with Crippen molar-refractivity contribution in [2.24, 2.45) is 0 Å². The molecule has 0 fully saturated rings. The van der Waals surface area contributed by atoms with E-state index in [4.69, 9.17) is 16.6 Å². The zero-order valence-electron chi connectivity index (χ0n) is 13.1. The number of phenolic OH excluding ortho intramolecular Hbond substituents is 1. The van der Waals surface area contributed by atoms with Crippen molar-refractivity contribution in [1.29, 1.82) is 0 Å². The first-order valence-corrected chi connectivity index (χ1v) is 8.05. The summed E-state index contributed by atoms with van der Waals surface area (Å²) in [6.45, 7) is 1.97. The Morgan fingerprint density at radius 1 is 0.958 bits per heavy atom. The number of phenols is 1. The van der Waals surface area contributed by atoms with Gasteiger partial charge in [0.25, 0.3) is 0 Å². The molecule has 0 radical (unpaired) electrons. The molecule has 0 aliphatic rings. The predicted molar refractivity (Wildman–Crippen MR) is 97.9 cm³/mol. The van der Waals surface area contributed by atoms with Crippen LogP contribution in [-0.4, -0.2) is 14.7 Å².